The highest BCUT2D eigenvalue weighted by Crippen LogP contribution is 2.27. The van der Waals surface area contributed by atoms with Gasteiger partial charge in [-0.25, -0.2) is 4.98 Å². The van der Waals surface area contributed by atoms with E-state index in [0.717, 1.165) is 38.9 Å². The van der Waals surface area contributed by atoms with Crippen LogP contribution in [-0.2, 0) is 4.74 Å². The highest BCUT2D eigenvalue weighted by Gasteiger charge is 2.18. The Bertz CT molecular complexity index is 1470. The molecule has 0 unspecified atom stereocenters. The molecule has 1 fully saturated rings. The second-order valence-electron chi connectivity index (χ2n) is 8.19. The molecule has 0 saturated carbocycles. The predicted molar refractivity (Wildman–Crippen MR) is 128 cm³/mol. The average Bonchev–Trinajstić information content (AvgIpc) is 3.32. The molecule has 0 bridgehead atoms. The number of nitrogens with zero attached hydrogens (tertiary/aromatic N) is 4. The third-order valence-corrected chi connectivity index (χ3v) is 6.16. The van der Waals surface area contributed by atoms with Gasteiger partial charge in [0.05, 0.1) is 30.6 Å². The van der Waals surface area contributed by atoms with Crippen molar-refractivity contribution in [1.29, 1.82) is 0 Å². The zero-order valence-electron chi connectivity index (χ0n) is 18.0. The van der Waals surface area contributed by atoms with Crippen LogP contribution >= 0.6 is 0 Å². The molecule has 6 heteroatoms. The van der Waals surface area contributed by atoms with Crippen LogP contribution in [0.3, 0.4) is 0 Å². The third kappa shape index (κ3) is 3.64. The van der Waals surface area contributed by atoms with Crippen LogP contribution in [-0.4, -0.2) is 51.5 Å². The third-order valence-electron chi connectivity index (χ3n) is 6.16. The number of ether oxygens (including phenoxy) is 1. The maximum Gasteiger partial charge on any atom is 0.254 e. The molecular weight excluding hydrogens is 412 g/mol. The normalized spacial score (nSPS) is 14.1. The van der Waals surface area contributed by atoms with Gasteiger partial charge >= 0.3 is 0 Å². The molecule has 1 saturated heterocycles. The van der Waals surface area contributed by atoms with Crippen molar-refractivity contribution in [2.24, 2.45) is 0 Å². The number of amides is 1. The van der Waals surface area contributed by atoms with Crippen LogP contribution in [0.1, 0.15) is 10.4 Å². The van der Waals surface area contributed by atoms with Gasteiger partial charge < -0.3 is 9.64 Å². The number of imidazole rings is 1. The minimum atomic E-state index is 0.0565. The quantitative estimate of drug-likeness (QED) is 0.413. The van der Waals surface area contributed by atoms with Gasteiger partial charge in [0.2, 0.25) is 0 Å². The molecular formula is C27H22N4O2. The van der Waals surface area contributed by atoms with Crippen molar-refractivity contribution in [3.8, 4) is 22.4 Å². The van der Waals surface area contributed by atoms with Crippen molar-refractivity contribution >= 4 is 22.5 Å². The first kappa shape index (κ1) is 19.6. The molecule has 3 aromatic heterocycles. The SMILES string of the molecule is O=C(c1ccc(-c2ccc3ncc(-c4cnc5ccccc5c4)n3c2)cc1)N1CCOCC1. The van der Waals surface area contributed by atoms with Crippen molar-refractivity contribution in [1.82, 2.24) is 19.3 Å². The van der Waals surface area contributed by atoms with E-state index in [1.165, 1.54) is 0 Å². The number of morpholine rings is 1. The molecule has 1 aliphatic heterocycles. The van der Waals surface area contributed by atoms with E-state index in [9.17, 15) is 4.79 Å². The predicted octanol–water partition coefficient (Wildman–Crippen LogP) is 4.69. The first-order valence-corrected chi connectivity index (χ1v) is 11.1. The molecule has 6 rings (SSSR count). The fraction of sp³-hybridized carbons (Fsp3) is 0.148. The molecule has 4 heterocycles. The number of carbonyl (C=O) groups excluding carboxylic acids is 1. The zero-order chi connectivity index (χ0) is 22.2. The minimum Gasteiger partial charge on any atom is -0.378 e. The molecule has 2 aromatic carbocycles. The Morgan fingerprint density at radius 2 is 1.61 bits per heavy atom. The van der Waals surface area contributed by atoms with Gasteiger partial charge in [-0.3, -0.25) is 14.2 Å². The van der Waals surface area contributed by atoms with E-state index in [1.54, 1.807) is 0 Å². The second kappa shape index (κ2) is 8.15. The Labute approximate surface area is 191 Å². The van der Waals surface area contributed by atoms with Gasteiger partial charge in [0.15, 0.2) is 0 Å². The molecule has 0 spiro atoms. The Hall–Kier alpha value is -4.03. The lowest BCUT2D eigenvalue weighted by Gasteiger charge is -2.26. The van der Waals surface area contributed by atoms with E-state index in [0.29, 0.717) is 31.9 Å². The number of benzene rings is 2. The molecule has 162 valence electrons. The van der Waals surface area contributed by atoms with Crippen molar-refractivity contribution in [3.63, 3.8) is 0 Å². The minimum absolute atomic E-state index is 0.0565. The van der Waals surface area contributed by atoms with Crippen molar-refractivity contribution in [2.75, 3.05) is 26.3 Å². The number of fused-ring (bicyclic) bond motifs is 2. The number of aromatic nitrogens is 3. The van der Waals surface area contributed by atoms with E-state index < -0.39 is 0 Å². The van der Waals surface area contributed by atoms with E-state index >= 15 is 0 Å². The summed E-state index contributed by atoms with van der Waals surface area (Å²) in [5.41, 5.74) is 6.66. The lowest BCUT2D eigenvalue weighted by Crippen LogP contribution is -2.40. The Kier molecular flexibility index (Phi) is 4.85. The summed E-state index contributed by atoms with van der Waals surface area (Å²) >= 11 is 0. The number of hydrogen-bond donors (Lipinski definition) is 0. The van der Waals surface area contributed by atoms with E-state index in [1.807, 2.05) is 65.8 Å². The fourth-order valence-electron chi connectivity index (χ4n) is 4.33. The Morgan fingerprint density at radius 1 is 0.818 bits per heavy atom. The Balaban J connectivity index is 1.33. The number of para-hydroxylation sites is 1. The van der Waals surface area contributed by atoms with Gasteiger partial charge in [0.25, 0.3) is 5.91 Å². The first-order chi connectivity index (χ1) is 16.3. The summed E-state index contributed by atoms with van der Waals surface area (Å²) in [7, 11) is 0. The molecule has 0 radical (unpaired) electrons. The maximum atomic E-state index is 12.7. The largest absolute Gasteiger partial charge is 0.378 e. The highest BCUT2D eigenvalue weighted by atomic mass is 16.5. The summed E-state index contributed by atoms with van der Waals surface area (Å²) < 4.78 is 7.44. The number of pyridine rings is 2. The summed E-state index contributed by atoms with van der Waals surface area (Å²) in [6.07, 6.45) is 5.87. The van der Waals surface area contributed by atoms with Crippen LogP contribution in [0.4, 0.5) is 0 Å². The summed E-state index contributed by atoms with van der Waals surface area (Å²) in [4.78, 5) is 23.8. The molecule has 0 atom stereocenters. The van der Waals surface area contributed by atoms with Crippen LogP contribution in [0.25, 0.3) is 38.9 Å². The molecule has 1 amide bonds. The maximum absolute atomic E-state index is 12.7. The monoisotopic (exact) mass is 434 g/mol. The molecule has 5 aromatic rings. The van der Waals surface area contributed by atoms with Crippen LogP contribution in [0.5, 0.6) is 0 Å². The van der Waals surface area contributed by atoms with Gasteiger partial charge in [0.1, 0.15) is 5.65 Å². The molecule has 6 nitrogen and oxygen atoms in total. The van der Waals surface area contributed by atoms with Crippen molar-refractivity contribution in [2.45, 2.75) is 0 Å². The second-order valence-corrected chi connectivity index (χ2v) is 8.19. The number of carbonyl (C=O) groups is 1. The van der Waals surface area contributed by atoms with Gasteiger partial charge in [-0.2, -0.15) is 0 Å². The fourth-order valence-corrected chi connectivity index (χ4v) is 4.33. The molecule has 33 heavy (non-hydrogen) atoms. The van der Waals surface area contributed by atoms with Gasteiger partial charge in [0, 0.05) is 42.0 Å². The molecule has 1 aliphatic rings. The van der Waals surface area contributed by atoms with E-state index in [-0.39, 0.29) is 5.91 Å². The summed E-state index contributed by atoms with van der Waals surface area (Å²) in [6.45, 7) is 2.49. The van der Waals surface area contributed by atoms with E-state index in [2.05, 4.69) is 38.8 Å². The number of hydrogen-bond acceptors (Lipinski definition) is 4. The first-order valence-electron chi connectivity index (χ1n) is 11.1. The highest BCUT2D eigenvalue weighted by molar-refractivity contribution is 5.94. The summed E-state index contributed by atoms with van der Waals surface area (Å²) in [6, 6.07) is 22.1. The molecule has 0 aliphatic carbocycles. The van der Waals surface area contributed by atoms with E-state index in [4.69, 9.17) is 4.74 Å². The van der Waals surface area contributed by atoms with Crippen LogP contribution in [0, 0.1) is 0 Å². The smallest absolute Gasteiger partial charge is 0.254 e. The van der Waals surface area contributed by atoms with Gasteiger partial charge in [-0.15, -0.1) is 0 Å². The number of rotatable bonds is 3. The standard InChI is InChI=1S/C27H22N4O2/c32-27(30-11-13-33-14-12-30)20-7-5-19(6-8-20)22-9-10-26-29-17-25(31(26)18-22)23-15-21-3-1-2-4-24(21)28-16-23/h1-10,15-18H,11-14H2. The van der Waals surface area contributed by atoms with Crippen molar-refractivity contribution < 1.29 is 9.53 Å². The topological polar surface area (TPSA) is 59.7 Å². The zero-order valence-corrected chi connectivity index (χ0v) is 18.0. The van der Waals surface area contributed by atoms with Crippen LogP contribution in [0.15, 0.2) is 85.3 Å². The lowest BCUT2D eigenvalue weighted by molar-refractivity contribution is 0.0303. The summed E-state index contributed by atoms with van der Waals surface area (Å²) in [5, 5.41) is 1.10. The average molecular weight is 434 g/mol. The Morgan fingerprint density at radius 3 is 2.45 bits per heavy atom. The van der Waals surface area contributed by atoms with Crippen LogP contribution in [0.2, 0.25) is 0 Å². The lowest BCUT2D eigenvalue weighted by atomic mass is 10.0. The summed E-state index contributed by atoms with van der Waals surface area (Å²) in [5.74, 6) is 0.0565. The van der Waals surface area contributed by atoms with Gasteiger partial charge in [-0.05, 0) is 47.5 Å². The molecule has 0 N–H and O–H groups in total. The van der Waals surface area contributed by atoms with Crippen LogP contribution < -0.4 is 0 Å². The van der Waals surface area contributed by atoms with Gasteiger partial charge in [-0.1, -0.05) is 30.3 Å². The van der Waals surface area contributed by atoms with Crippen molar-refractivity contribution in [3.05, 3.63) is 90.9 Å².